The molecule has 6 nitrogen and oxygen atoms in total. The van der Waals surface area contributed by atoms with Crippen LogP contribution in [-0.2, 0) is 6.18 Å². The van der Waals surface area contributed by atoms with E-state index in [4.69, 9.17) is 4.42 Å². The van der Waals surface area contributed by atoms with Crippen molar-refractivity contribution in [3.05, 3.63) is 75.1 Å². The van der Waals surface area contributed by atoms with Crippen LogP contribution in [0.4, 0.5) is 18.3 Å². The van der Waals surface area contributed by atoms with Crippen molar-refractivity contribution in [1.82, 2.24) is 9.97 Å². The number of pyridine rings is 1. The Bertz CT molecular complexity index is 1330. The summed E-state index contributed by atoms with van der Waals surface area (Å²) in [7, 11) is 0. The molecule has 0 unspecified atom stereocenters. The van der Waals surface area contributed by atoms with Crippen molar-refractivity contribution in [2.45, 2.75) is 13.1 Å². The van der Waals surface area contributed by atoms with Gasteiger partial charge in [-0.25, -0.2) is 4.98 Å². The lowest BCUT2D eigenvalue weighted by atomic mass is 10.1. The van der Waals surface area contributed by atoms with Crippen molar-refractivity contribution in [2.75, 3.05) is 5.32 Å². The minimum Gasteiger partial charge on any atom is -0.455 e. The first-order valence-electron chi connectivity index (χ1n) is 8.57. The molecule has 0 saturated heterocycles. The highest BCUT2D eigenvalue weighted by atomic mass is 32.1. The molecule has 0 saturated carbocycles. The molecule has 4 aromatic rings. The van der Waals surface area contributed by atoms with Crippen LogP contribution in [0.3, 0.4) is 0 Å². The van der Waals surface area contributed by atoms with E-state index < -0.39 is 28.8 Å². The van der Waals surface area contributed by atoms with E-state index >= 15 is 0 Å². The van der Waals surface area contributed by atoms with E-state index in [1.165, 1.54) is 35.6 Å². The van der Waals surface area contributed by atoms with Crippen molar-refractivity contribution in [3.63, 3.8) is 0 Å². The number of para-hydroxylation sites is 1. The summed E-state index contributed by atoms with van der Waals surface area (Å²) < 4.78 is 45.7. The highest BCUT2D eigenvalue weighted by Crippen LogP contribution is 2.36. The first-order valence-corrected chi connectivity index (χ1v) is 9.39. The molecule has 30 heavy (non-hydrogen) atoms. The van der Waals surface area contributed by atoms with E-state index in [0.717, 1.165) is 23.2 Å². The van der Waals surface area contributed by atoms with Gasteiger partial charge in [-0.3, -0.25) is 19.9 Å². The number of alkyl halides is 3. The SMILES string of the molecule is Cc1cnc(NC(=O)c2cccc3c(=O)cc(-c4cccnc4C(F)(F)F)oc23)s1. The summed E-state index contributed by atoms with van der Waals surface area (Å²) in [4.78, 5) is 33.6. The number of rotatable bonds is 3. The van der Waals surface area contributed by atoms with Gasteiger partial charge in [0.1, 0.15) is 5.76 Å². The maximum atomic E-state index is 13.3. The Balaban J connectivity index is 1.87. The number of aryl methyl sites for hydroxylation is 1. The van der Waals surface area contributed by atoms with Crippen molar-refractivity contribution in [1.29, 1.82) is 0 Å². The van der Waals surface area contributed by atoms with Crippen LogP contribution in [0, 0.1) is 6.92 Å². The maximum absolute atomic E-state index is 13.3. The standard InChI is InChI=1S/C20H12F3N3O3S/c1-10-9-25-19(30-10)26-18(28)13-5-2-4-11-14(27)8-15(29-16(11)13)12-6-3-7-24-17(12)20(21,22)23/h2-9H,1H3,(H,25,26,28). The highest BCUT2D eigenvalue weighted by Gasteiger charge is 2.36. The van der Waals surface area contributed by atoms with Crippen LogP contribution in [0.25, 0.3) is 22.3 Å². The Kier molecular flexibility index (Phi) is 4.86. The number of carbonyl (C=O) groups excluding carboxylic acids is 1. The molecule has 3 aromatic heterocycles. The van der Waals surface area contributed by atoms with Crippen LogP contribution in [0.2, 0.25) is 0 Å². The predicted molar refractivity (Wildman–Crippen MR) is 106 cm³/mol. The summed E-state index contributed by atoms with van der Waals surface area (Å²) in [5, 5.41) is 3.02. The number of halogens is 3. The molecule has 0 radical (unpaired) electrons. The second kappa shape index (κ2) is 7.38. The van der Waals surface area contributed by atoms with Gasteiger partial charge in [0.25, 0.3) is 5.91 Å². The fourth-order valence-electron chi connectivity index (χ4n) is 2.90. The van der Waals surface area contributed by atoms with Crippen LogP contribution in [0.5, 0.6) is 0 Å². The molecule has 0 aliphatic rings. The molecule has 1 amide bonds. The number of anilines is 1. The summed E-state index contributed by atoms with van der Waals surface area (Å²) in [5.41, 5.74) is -2.29. The van der Waals surface area contributed by atoms with E-state index in [1.54, 1.807) is 6.20 Å². The number of hydrogen-bond acceptors (Lipinski definition) is 6. The third-order valence-electron chi connectivity index (χ3n) is 4.18. The van der Waals surface area contributed by atoms with Gasteiger partial charge in [0.2, 0.25) is 0 Å². The normalized spacial score (nSPS) is 11.6. The largest absolute Gasteiger partial charge is 0.455 e. The van der Waals surface area contributed by atoms with Gasteiger partial charge in [-0.05, 0) is 31.2 Å². The lowest BCUT2D eigenvalue weighted by molar-refractivity contribution is -0.140. The Morgan fingerprint density at radius 1 is 1.17 bits per heavy atom. The number of carbonyl (C=O) groups is 1. The van der Waals surface area contributed by atoms with E-state index in [-0.39, 0.29) is 22.3 Å². The van der Waals surface area contributed by atoms with Crippen molar-refractivity contribution in [3.8, 4) is 11.3 Å². The zero-order valence-electron chi connectivity index (χ0n) is 15.3. The fraction of sp³-hybridized carbons (Fsp3) is 0.100. The molecule has 0 spiro atoms. The highest BCUT2D eigenvalue weighted by molar-refractivity contribution is 7.15. The number of thiazole rings is 1. The molecular formula is C20H12F3N3O3S. The zero-order valence-corrected chi connectivity index (χ0v) is 16.1. The van der Waals surface area contributed by atoms with Gasteiger partial charge in [-0.15, -0.1) is 11.3 Å². The lowest BCUT2D eigenvalue weighted by Gasteiger charge is -2.12. The first kappa shape index (κ1) is 19.8. The van der Waals surface area contributed by atoms with Gasteiger partial charge in [0.15, 0.2) is 21.8 Å². The van der Waals surface area contributed by atoms with Crippen LogP contribution in [0.1, 0.15) is 20.9 Å². The minimum atomic E-state index is -4.75. The van der Waals surface area contributed by atoms with Crippen LogP contribution in [0.15, 0.2) is 58.0 Å². The molecular weight excluding hydrogens is 419 g/mol. The van der Waals surface area contributed by atoms with Gasteiger partial charge in [0, 0.05) is 28.9 Å². The van der Waals surface area contributed by atoms with E-state index in [1.807, 2.05) is 6.92 Å². The number of hydrogen-bond donors (Lipinski definition) is 1. The quantitative estimate of drug-likeness (QED) is 0.499. The molecule has 3 heterocycles. The molecule has 0 atom stereocenters. The summed E-state index contributed by atoms with van der Waals surface area (Å²) >= 11 is 1.26. The van der Waals surface area contributed by atoms with Crippen LogP contribution in [-0.4, -0.2) is 15.9 Å². The van der Waals surface area contributed by atoms with Crippen molar-refractivity contribution >= 4 is 33.3 Å². The Hall–Kier alpha value is -3.53. The Labute approximate surface area is 171 Å². The number of nitrogens with zero attached hydrogens (tertiary/aromatic N) is 2. The van der Waals surface area contributed by atoms with Gasteiger partial charge in [-0.1, -0.05) is 6.07 Å². The Morgan fingerprint density at radius 3 is 2.67 bits per heavy atom. The third-order valence-corrected chi connectivity index (χ3v) is 5.01. The number of amides is 1. The second-order valence-electron chi connectivity index (χ2n) is 6.28. The van der Waals surface area contributed by atoms with Crippen molar-refractivity contribution in [2.24, 2.45) is 0 Å². The lowest BCUT2D eigenvalue weighted by Crippen LogP contribution is -2.14. The summed E-state index contributed by atoms with van der Waals surface area (Å²) in [6.07, 6.45) is -2.16. The van der Waals surface area contributed by atoms with Gasteiger partial charge in [0.05, 0.1) is 10.9 Å². The van der Waals surface area contributed by atoms with Gasteiger partial charge < -0.3 is 4.42 Å². The van der Waals surface area contributed by atoms with E-state index in [9.17, 15) is 22.8 Å². The maximum Gasteiger partial charge on any atom is 0.434 e. The second-order valence-corrected chi connectivity index (χ2v) is 7.52. The summed E-state index contributed by atoms with van der Waals surface area (Å²) in [6, 6.07) is 7.76. The molecule has 1 N–H and O–H groups in total. The summed E-state index contributed by atoms with van der Waals surface area (Å²) in [6.45, 7) is 1.82. The first-order chi connectivity index (χ1) is 14.2. The molecule has 0 fully saturated rings. The predicted octanol–water partition coefficient (Wildman–Crippen LogP) is 4.89. The number of benzene rings is 1. The number of fused-ring (bicyclic) bond motifs is 1. The molecule has 0 bridgehead atoms. The minimum absolute atomic E-state index is 0.00301. The van der Waals surface area contributed by atoms with Crippen molar-refractivity contribution < 1.29 is 22.4 Å². The average Bonchev–Trinajstić information content (AvgIpc) is 3.11. The van der Waals surface area contributed by atoms with Gasteiger partial charge >= 0.3 is 6.18 Å². The summed E-state index contributed by atoms with van der Waals surface area (Å²) in [5.74, 6) is -0.934. The smallest absolute Gasteiger partial charge is 0.434 e. The average molecular weight is 431 g/mol. The number of aromatic nitrogens is 2. The number of nitrogens with one attached hydrogen (secondary N) is 1. The van der Waals surface area contributed by atoms with E-state index in [0.29, 0.717) is 5.13 Å². The zero-order chi connectivity index (χ0) is 21.5. The van der Waals surface area contributed by atoms with Crippen LogP contribution >= 0.6 is 11.3 Å². The fourth-order valence-corrected chi connectivity index (χ4v) is 3.56. The molecule has 0 aliphatic heterocycles. The van der Waals surface area contributed by atoms with Gasteiger partial charge in [-0.2, -0.15) is 13.2 Å². The molecule has 4 rings (SSSR count). The van der Waals surface area contributed by atoms with E-state index in [2.05, 4.69) is 15.3 Å². The molecule has 10 heteroatoms. The molecule has 152 valence electrons. The third kappa shape index (κ3) is 3.69. The van der Waals surface area contributed by atoms with Crippen LogP contribution < -0.4 is 10.7 Å². The molecule has 0 aliphatic carbocycles. The monoisotopic (exact) mass is 431 g/mol. The molecule has 1 aromatic carbocycles. The Morgan fingerprint density at radius 2 is 1.97 bits per heavy atom. The topological polar surface area (TPSA) is 85.1 Å².